The van der Waals surface area contributed by atoms with E-state index in [0.29, 0.717) is 21.5 Å². The molecule has 6 heteroatoms. The smallest absolute Gasteiger partial charge is 0.277 e. The van der Waals surface area contributed by atoms with Gasteiger partial charge in [0.25, 0.3) is 5.91 Å². The van der Waals surface area contributed by atoms with E-state index in [0.717, 1.165) is 5.56 Å². The van der Waals surface area contributed by atoms with Crippen molar-refractivity contribution in [3.8, 4) is 5.75 Å². The Morgan fingerprint density at radius 1 is 1.08 bits per heavy atom. The molecule has 0 spiro atoms. The molecule has 0 saturated carbocycles. The molecule has 0 saturated heterocycles. The second kappa shape index (κ2) is 8.56. The highest BCUT2D eigenvalue weighted by Crippen LogP contribution is 2.24. The number of carbonyl (C=O) groups excluding carboxylic acids is 1. The number of halogens is 2. The average Bonchev–Trinajstić information content (AvgIpc) is 2.59. The summed E-state index contributed by atoms with van der Waals surface area (Å²) in [6.07, 6.45) is 0. The summed E-state index contributed by atoms with van der Waals surface area (Å²) >= 11 is 11.9. The van der Waals surface area contributed by atoms with Crippen molar-refractivity contribution in [1.29, 1.82) is 0 Å². The van der Waals surface area contributed by atoms with E-state index in [-0.39, 0.29) is 17.9 Å². The van der Waals surface area contributed by atoms with Gasteiger partial charge in [0.15, 0.2) is 6.61 Å². The fraction of sp³-hybridized carbons (Fsp3) is 0.300. The lowest BCUT2D eigenvalue weighted by molar-refractivity contribution is -0.123. The number of hydrogen-bond donors (Lipinski definition) is 1. The number of benzene rings is 2. The minimum absolute atomic E-state index is 0.0761. The third-order valence-corrected chi connectivity index (χ3v) is 4.51. The van der Waals surface area contributed by atoms with Crippen LogP contribution in [0.15, 0.2) is 47.6 Å². The molecule has 0 aliphatic rings. The van der Waals surface area contributed by atoms with Gasteiger partial charge in [-0.25, -0.2) is 5.43 Å². The lowest BCUT2D eigenvalue weighted by atomic mass is 9.87. The minimum Gasteiger partial charge on any atom is -0.484 e. The maximum absolute atomic E-state index is 11.9. The Kier molecular flexibility index (Phi) is 6.68. The van der Waals surface area contributed by atoms with Gasteiger partial charge in [-0.2, -0.15) is 5.10 Å². The minimum atomic E-state index is -0.343. The summed E-state index contributed by atoms with van der Waals surface area (Å²) in [5.41, 5.74) is 5.14. The Morgan fingerprint density at radius 2 is 1.73 bits per heavy atom. The summed E-state index contributed by atoms with van der Waals surface area (Å²) in [7, 11) is 0. The first-order chi connectivity index (χ1) is 12.2. The molecule has 4 nitrogen and oxygen atoms in total. The van der Waals surface area contributed by atoms with E-state index >= 15 is 0 Å². The first kappa shape index (κ1) is 20.3. The Bertz CT molecular complexity index is 810. The highest BCUT2D eigenvalue weighted by Gasteiger charge is 2.13. The van der Waals surface area contributed by atoms with Gasteiger partial charge in [-0.15, -0.1) is 0 Å². The number of amides is 1. The Labute approximate surface area is 164 Å². The zero-order valence-electron chi connectivity index (χ0n) is 15.3. The summed E-state index contributed by atoms with van der Waals surface area (Å²) in [5.74, 6) is 0.294. The van der Waals surface area contributed by atoms with E-state index in [1.165, 1.54) is 5.56 Å². The molecule has 2 aromatic carbocycles. The molecule has 1 amide bonds. The van der Waals surface area contributed by atoms with E-state index < -0.39 is 0 Å². The molecule has 0 fully saturated rings. The van der Waals surface area contributed by atoms with Crippen LogP contribution in [-0.2, 0) is 10.2 Å². The van der Waals surface area contributed by atoms with Gasteiger partial charge in [-0.3, -0.25) is 4.79 Å². The third kappa shape index (κ3) is 5.75. The van der Waals surface area contributed by atoms with Crippen molar-refractivity contribution in [2.75, 3.05) is 6.61 Å². The number of carbonyl (C=O) groups is 1. The molecule has 0 aromatic heterocycles. The van der Waals surface area contributed by atoms with E-state index in [4.69, 9.17) is 27.9 Å². The molecule has 2 rings (SSSR count). The van der Waals surface area contributed by atoms with Crippen molar-refractivity contribution in [3.63, 3.8) is 0 Å². The van der Waals surface area contributed by atoms with Crippen LogP contribution in [0.2, 0.25) is 10.0 Å². The van der Waals surface area contributed by atoms with Crippen LogP contribution in [0.1, 0.15) is 38.8 Å². The lowest BCUT2D eigenvalue weighted by Crippen LogP contribution is -2.25. The highest BCUT2D eigenvalue weighted by molar-refractivity contribution is 6.42. The maximum atomic E-state index is 11.9. The van der Waals surface area contributed by atoms with E-state index in [1.807, 2.05) is 24.3 Å². The number of rotatable bonds is 5. The van der Waals surface area contributed by atoms with Crippen LogP contribution < -0.4 is 10.2 Å². The normalized spacial score (nSPS) is 12.0. The molecule has 1 N–H and O–H groups in total. The van der Waals surface area contributed by atoms with E-state index in [9.17, 15) is 4.79 Å². The van der Waals surface area contributed by atoms with Crippen LogP contribution in [-0.4, -0.2) is 18.2 Å². The van der Waals surface area contributed by atoms with Crippen LogP contribution >= 0.6 is 23.2 Å². The van der Waals surface area contributed by atoms with E-state index in [2.05, 4.69) is 31.3 Å². The predicted octanol–water partition coefficient (Wildman–Crippen LogP) is 5.21. The summed E-state index contributed by atoms with van der Waals surface area (Å²) in [6, 6.07) is 12.9. The number of nitrogens with one attached hydrogen (secondary N) is 1. The van der Waals surface area contributed by atoms with Gasteiger partial charge in [0, 0.05) is 0 Å². The number of hydrazone groups is 1. The molecular formula is C20H22Cl2N2O2. The number of ether oxygens (including phenoxy) is 1. The maximum Gasteiger partial charge on any atom is 0.277 e. The first-order valence-electron chi connectivity index (χ1n) is 8.19. The van der Waals surface area contributed by atoms with Gasteiger partial charge >= 0.3 is 0 Å². The molecule has 26 heavy (non-hydrogen) atoms. The number of nitrogens with zero attached hydrogens (tertiary/aromatic N) is 1. The molecule has 138 valence electrons. The second-order valence-corrected chi connectivity index (χ2v) is 7.74. The van der Waals surface area contributed by atoms with Crippen molar-refractivity contribution in [2.24, 2.45) is 5.10 Å². The van der Waals surface area contributed by atoms with Gasteiger partial charge < -0.3 is 4.74 Å². The topological polar surface area (TPSA) is 50.7 Å². The van der Waals surface area contributed by atoms with Crippen LogP contribution in [0.5, 0.6) is 5.75 Å². The van der Waals surface area contributed by atoms with E-state index in [1.54, 1.807) is 25.1 Å². The van der Waals surface area contributed by atoms with Crippen LogP contribution in [0.25, 0.3) is 0 Å². The Balaban J connectivity index is 1.89. The van der Waals surface area contributed by atoms with Crippen molar-refractivity contribution < 1.29 is 9.53 Å². The third-order valence-electron chi connectivity index (χ3n) is 3.78. The molecule has 0 bridgehead atoms. The second-order valence-electron chi connectivity index (χ2n) is 6.92. The van der Waals surface area contributed by atoms with Gasteiger partial charge in [0.05, 0.1) is 15.8 Å². The lowest BCUT2D eigenvalue weighted by Gasteiger charge is -2.19. The monoisotopic (exact) mass is 392 g/mol. The Hall–Kier alpha value is -2.04. The largest absolute Gasteiger partial charge is 0.484 e. The number of hydrogen-bond acceptors (Lipinski definition) is 3. The molecular weight excluding hydrogens is 371 g/mol. The van der Waals surface area contributed by atoms with Crippen molar-refractivity contribution in [2.45, 2.75) is 33.1 Å². The summed E-state index contributed by atoms with van der Waals surface area (Å²) < 4.78 is 5.49. The zero-order chi connectivity index (χ0) is 19.3. The summed E-state index contributed by atoms with van der Waals surface area (Å²) in [5, 5.41) is 4.97. The van der Waals surface area contributed by atoms with Crippen LogP contribution in [0, 0.1) is 0 Å². The van der Waals surface area contributed by atoms with Crippen LogP contribution in [0.4, 0.5) is 0 Å². The molecule has 0 aliphatic heterocycles. The van der Waals surface area contributed by atoms with Gasteiger partial charge in [-0.1, -0.05) is 62.2 Å². The molecule has 0 atom stereocenters. The van der Waals surface area contributed by atoms with Gasteiger partial charge in [0.1, 0.15) is 5.75 Å². The van der Waals surface area contributed by atoms with Crippen molar-refractivity contribution in [1.82, 2.24) is 5.43 Å². The van der Waals surface area contributed by atoms with Crippen molar-refractivity contribution in [3.05, 3.63) is 63.6 Å². The summed E-state index contributed by atoms with van der Waals surface area (Å²) in [4.78, 5) is 11.9. The Morgan fingerprint density at radius 3 is 2.31 bits per heavy atom. The fourth-order valence-corrected chi connectivity index (χ4v) is 2.46. The summed E-state index contributed by atoms with van der Waals surface area (Å²) in [6.45, 7) is 8.08. The quantitative estimate of drug-likeness (QED) is 0.560. The highest BCUT2D eigenvalue weighted by atomic mass is 35.5. The zero-order valence-corrected chi connectivity index (χ0v) is 16.8. The molecule has 0 heterocycles. The van der Waals surface area contributed by atoms with Gasteiger partial charge in [-0.05, 0) is 47.7 Å². The van der Waals surface area contributed by atoms with Gasteiger partial charge in [0.2, 0.25) is 0 Å². The average molecular weight is 393 g/mol. The SMILES string of the molecule is C/C(=N/NC(=O)COc1ccc(C(C)(C)C)cc1)c1ccc(Cl)c(Cl)c1. The fourth-order valence-electron chi connectivity index (χ4n) is 2.16. The first-order valence-corrected chi connectivity index (χ1v) is 8.94. The predicted molar refractivity (Wildman–Crippen MR) is 107 cm³/mol. The van der Waals surface area contributed by atoms with Crippen LogP contribution in [0.3, 0.4) is 0 Å². The molecule has 0 unspecified atom stereocenters. The standard InChI is InChI=1S/C20H22Cl2N2O2/c1-13(14-5-10-17(21)18(22)11-14)23-24-19(25)12-26-16-8-6-15(7-9-16)20(2,3)4/h5-11H,12H2,1-4H3,(H,24,25)/b23-13-. The molecule has 2 aromatic rings. The molecule has 0 aliphatic carbocycles. The molecule has 0 radical (unpaired) electrons. The van der Waals surface area contributed by atoms with Crippen molar-refractivity contribution >= 4 is 34.8 Å².